The number of benzene rings is 1. The van der Waals surface area contributed by atoms with Crippen molar-refractivity contribution in [3.8, 4) is 5.75 Å². The lowest BCUT2D eigenvalue weighted by atomic mass is 10.2. The molecule has 0 aliphatic carbocycles. The molecule has 1 aromatic heterocycles. The van der Waals surface area contributed by atoms with Crippen LogP contribution in [0.5, 0.6) is 5.75 Å². The van der Waals surface area contributed by atoms with Gasteiger partial charge >= 0.3 is 0 Å². The average molecular weight is 391 g/mol. The van der Waals surface area contributed by atoms with Gasteiger partial charge in [0.1, 0.15) is 5.75 Å². The van der Waals surface area contributed by atoms with Crippen LogP contribution in [0.4, 0.5) is 0 Å². The number of aromatic hydroxyl groups is 1. The molecular weight excluding hydrogens is 382 g/mol. The number of carbonyl (C=O) groups is 1. The molecule has 0 saturated heterocycles. The molecule has 0 unspecified atom stereocenters. The van der Waals surface area contributed by atoms with Crippen LogP contribution in [0.25, 0.3) is 0 Å². The maximum Gasteiger partial charge on any atom is 0.255 e. The number of phenolic OH excluding ortho intramolecular Hbond substituents is 1. The molecular formula is C12H9Br2NO2S. The van der Waals surface area contributed by atoms with Crippen molar-refractivity contribution in [2.45, 2.75) is 6.54 Å². The number of phenols is 1. The minimum atomic E-state index is -0.297. The van der Waals surface area contributed by atoms with Crippen LogP contribution < -0.4 is 5.32 Å². The monoisotopic (exact) mass is 389 g/mol. The first-order valence-electron chi connectivity index (χ1n) is 5.06. The van der Waals surface area contributed by atoms with Gasteiger partial charge in [-0.15, -0.1) is 11.3 Å². The Bertz CT molecular complexity index is 583. The highest BCUT2D eigenvalue weighted by atomic mass is 79.9. The standard InChI is InChI=1S/C12H9Br2NO2S/c13-7-1-2-10(16)8(5-7)12(17)15-6-11-9(14)3-4-18-11/h1-5,16H,6H2,(H,15,17). The average Bonchev–Trinajstić information content (AvgIpc) is 2.75. The first-order chi connectivity index (χ1) is 8.58. The van der Waals surface area contributed by atoms with Gasteiger partial charge in [0, 0.05) is 13.8 Å². The second-order valence-electron chi connectivity index (χ2n) is 3.54. The van der Waals surface area contributed by atoms with Crippen molar-refractivity contribution in [1.29, 1.82) is 0 Å². The molecule has 94 valence electrons. The predicted molar refractivity (Wildman–Crippen MR) is 79.0 cm³/mol. The van der Waals surface area contributed by atoms with Gasteiger partial charge in [0.15, 0.2) is 0 Å². The molecule has 3 nitrogen and oxygen atoms in total. The Morgan fingerprint density at radius 3 is 2.78 bits per heavy atom. The smallest absolute Gasteiger partial charge is 0.255 e. The zero-order chi connectivity index (χ0) is 13.1. The molecule has 18 heavy (non-hydrogen) atoms. The van der Waals surface area contributed by atoms with E-state index >= 15 is 0 Å². The minimum Gasteiger partial charge on any atom is -0.507 e. The number of hydrogen-bond acceptors (Lipinski definition) is 3. The molecule has 0 spiro atoms. The maximum absolute atomic E-state index is 11.9. The van der Waals surface area contributed by atoms with Crippen LogP contribution >= 0.6 is 43.2 Å². The lowest BCUT2D eigenvalue weighted by Gasteiger charge is -2.06. The Morgan fingerprint density at radius 1 is 1.33 bits per heavy atom. The highest BCUT2D eigenvalue weighted by molar-refractivity contribution is 9.10. The fourth-order valence-corrected chi connectivity index (χ4v) is 3.19. The van der Waals surface area contributed by atoms with Crippen molar-refractivity contribution in [3.05, 3.63) is 49.0 Å². The van der Waals surface area contributed by atoms with Crippen molar-refractivity contribution < 1.29 is 9.90 Å². The molecule has 2 rings (SSSR count). The maximum atomic E-state index is 11.9. The fourth-order valence-electron chi connectivity index (χ4n) is 1.40. The quantitative estimate of drug-likeness (QED) is 0.834. The molecule has 1 aromatic carbocycles. The Labute approximate surface area is 125 Å². The molecule has 0 radical (unpaired) electrons. The topological polar surface area (TPSA) is 49.3 Å². The van der Waals surface area contributed by atoms with Gasteiger partial charge in [0.25, 0.3) is 5.91 Å². The van der Waals surface area contributed by atoms with Crippen molar-refractivity contribution >= 4 is 49.1 Å². The number of nitrogens with one attached hydrogen (secondary N) is 1. The van der Waals surface area contributed by atoms with Crippen LogP contribution in [0, 0.1) is 0 Å². The third-order valence-corrected chi connectivity index (χ3v) is 4.72. The van der Waals surface area contributed by atoms with E-state index in [4.69, 9.17) is 0 Å². The largest absolute Gasteiger partial charge is 0.507 e. The summed E-state index contributed by atoms with van der Waals surface area (Å²) < 4.78 is 1.73. The molecule has 0 aliphatic heterocycles. The first kappa shape index (κ1) is 13.6. The Hall–Kier alpha value is -0.850. The van der Waals surface area contributed by atoms with Crippen LogP contribution in [0.1, 0.15) is 15.2 Å². The lowest BCUT2D eigenvalue weighted by Crippen LogP contribution is -2.22. The fraction of sp³-hybridized carbons (Fsp3) is 0.0833. The number of amides is 1. The van der Waals surface area contributed by atoms with Gasteiger partial charge in [-0.3, -0.25) is 4.79 Å². The molecule has 2 N–H and O–H groups in total. The van der Waals surface area contributed by atoms with Crippen LogP contribution in [0.3, 0.4) is 0 Å². The van der Waals surface area contributed by atoms with Gasteiger partial charge in [0.05, 0.1) is 12.1 Å². The highest BCUT2D eigenvalue weighted by Gasteiger charge is 2.12. The van der Waals surface area contributed by atoms with E-state index in [2.05, 4.69) is 37.2 Å². The Kier molecular flexibility index (Phi) is 4.42. The summed E-state index contributed by atoms with van der Waals surface area (Å²) in [5.41, 5.74) is 0.261. The van der Waals surface area contributed by atoms with Gasteiger partial charge < -0.3 is 10.4 Å². The van der Waals surface area contributed by atoms with Crippen LogP contribution in [-0.4, -0.2) is 11.0 Å². The second kappa shape index (κ2) is 5.86. The van der Waals surface area contributed by atoms with Gasteiger partial charge in [-0.1, -0.05) is 15.9 Å². The molecule has 1 amide bonds. The van der Waals surface area contributed by atoms with Gasteiger partial charge in [-0.25, -0.2) is 0 Å². The molecule has 0 aliphatic rings. The number of hydrogen-bond donors (Lipinski definition) is 2. The van der Waals surface area contributed by atoms with E-state index < -0.39 is 0 Å². The zero-order valence-corrected chi connectivity index (χ0v) is 13.1. The molecule has 0 bridgehead atoms. The molecule has 2 aromatic rings. The van der Waals surface area contributed by atoms with Gasteiger partial charge in [-0.05, 0) is 45.6 Å². The van der Waals surface area contributed by atoms with E-state index in [1.165, 1.54) is 6.07 Å². The summed E-state index contributed by atoms with van der Waals surface area (Å²) >= 11 is 8.23. The molecule has 1 heterocycles. The van der Waals surface area contributed by atoms with Crippen LogP contribution in [0.2, 0.25) is 0 Å². The van der Waals surface area contributed by atoms with Crippen molar-refractivity contribution in [1.82, 2.24) is 5.32 Å². The minimum absolute atomic E-state index is 0.0269. The van der Waals surface area contributed by atoms with Crippen molar-refractivity contribution in [2.24, 2.45) is 0 Å². The Balaban J connectivity index is 2.08. The number of carbonyl (C=O) groups excluding carboxylic acids is 1. The summed E-state index contributed by atoms with van der Waals surface area (Å²) in [5, 5.41) is 14.3. The van der Waals surface area contributed by atoms with E-state index in [9.17, 15) is 9.90 Å². The van der Waals surface area contributed by atoms with E-state index in [0.29, 0.717) is 6.54 Å². The van der Waals surface area contributed by atoms with Gasteiger partial charge in [0.2, 0.25) is 0 Å². The third kappa shape index (κ3) is 3.13. The van der Waals surface area contributed by atoms with Gasteiger partial charge in [-0.2, -0.15) is 0 Å². The van der Waals surface area contributed by atoms with E-state index in [-0.39, 0.29) is 17.2 Å². The number of thiophene rings is 1. The highest BCUT2D eigenvalue weighted by Crippen LogP contribution is 2.24. The second-order valence-corrected chi connectivity index (χ2v) is 6.31. The Morgan fingerprint density at radius 2 is 2.11 bits per heavy atom. The van der Waals surface area contributed by atoms with E-state index in [1.54, 1.807) is 23.5 Å². The van der Waals surface area contributed by atoms with Crippen molar-refractivity contribution in [3.63, 3.8) is 0 Å². The summed E-state index contributed by atoms with van der Waals surface area (Å²) in [5.74, 6) is -0.324. The summed E-state index contributed by atoms with van der Waals surface area (Å²) in [6.45, 7) is 0.434. The number of rotatable bonds is 3. The summed E-state index contributed by atoms with van der Waals surface area (Å²) in [7, 11) is 0. The normalized spacial score (nSPS) is 10.3. The summed E-state index contributed by atoms with van der Waals surface area (Å²) in [6.07, 6.45) is 0. The van der Waals surface area contributed by atoms with Crippen LogP contribution in [-0.2, 0) is 6.54 Å². The summed E-state index contributed by atoms with van der Waals surface area (Å²) in [4.78, 5) is 13.0. The molecule has 0 fully saturated rings. The number of halogens is 2. The zero-order valence-electron chi connectivity index (χ0n) is 9.11. The molecule has 6 heteroatoms. The SMILES string of the molecule is O=C(NCc1sccc1Br)c1cc(Br)ccc1O. The van der Waals surface area contributed by atoms with E-state index in [1.807, 2.05) is 11.4 Å². The van der Waals surface area contributed by atoms with Crippen LogP contribution in [0.15, 0.2) is 38.6 Å². The van der Waals surface area contributed by atoms with E-state index in [0.717, 1.165) is 13.8 Å². The summed E-state index contributed by atoms with van der Waals surface area (Å²) in [6, 6.07) is 6.69. The molecule has 0 atom stereocenters. The van der Waals surface area contributed by atoms with Crippen molar-refractivity contribution in [2.75, 3.05) is 0 Å². The first-order valence-corrected chi connectivity index (χ1v) is 7.53. The third-order valence-electron chi connectivity index (χ3n) is 2.30. The molecule has 0 saturated carbocycles. The predicted octanol–water partition coefficient (Wildman–Crippen LogP) is 3.91. The lowest BCUT2D eigenvalue weighted by molar-refractivity contribution is 0.0948.